The van der Waals surface area contributed by atoms with E-state index < -0.39 is 10.0 Å². The summed E-state index contributed by atoms with van der Waals surface area (Å²) in [6.07, 6.45) is 0. The summed E-state index contributed by atoms with van der Waals surface area (Å²) < 4.78 is 27.1. The lowest BCUT2D eigenvalue weighted by molar-refractivity contribution is -0.113. The Morgan fingerprint density at radius 2 is 1.87 bits per heavy atom. The van der Waals surface area contributed by atoms with E-state index in [0.717, 1.165) is 11.3 Å². The second kappa shape index (κ2) is 9.77. The molecule has 31 heavy (non-hydrogen) atoms. The van der Waals surface area contributed by atoms with Gasteiger partial charge in [-0.15, -0.1) is 10.2 Å². The lowest BCUT2D eigenvalue weighted by atomic mass is 10.1. The highest BCUT2D eigenvalue weighted by Crippen LogP contribution is 2.29. The number of aromatic nitrogens is 2. The van der Waals surface area contributed by atoms with Gasteiger partial charge in [0.2, 0.25) is 21.1 Å². The summed E-state index contributed by atoms with van der Waals surface area (Å²) in [5.74, 6) is -0.138. The van der Waals surface area contributed by atoms with Gasteiger partial charge in [0.25, 0.3) is 0 Å². The SMILES string of the molecule is CNS(=O)(=O)c1cc(NC(=O)CSc2nnc(Nc3cccc(C)c3C)s2)ccc1C. The molecule has 1 amide bonds. The predicted octanol–water partition coefficient (Wildman–Crippen LogP) is 3.85. The van der Waals surface area contributed by atoms with Gasteiger partial charge in [-0.3, -0.25) is 4.79 Å². The third-order valence-corrected chi connectivity index (χ3v) is 8.14. The molecular formula is C20H23N5O3S3. The number of nitrogens with one attached hydrogen (secondary N) is 3. The van der Waals surface area contributed by atoms with Crippen LogP contribution in [0.2, 0.25) is 0 Å². The number of rotatable bonds is 8. The molecule has 0 fully saturated rings. The van der Waals surface area contributed by atoms with Crippen molar-refractivity contribution in [1.29, 1.82) is 0 Å². The Balaban J connectivity index is 1.60. The zero-order chi connectivity index (χ0) is 22.6. The zero-order valence-corrected chi connectivity index (χ0v) is 20.0. The van der Waals surface area contributed by atoms with Crippen molar-refractivity contribution in [2.24, 2.45) is 0 Å². The fourth-order valence-electron chi connectivity index (χ4n) is 2.72. The maximum atomic E-state index is 12.3. The van der Waals surface area contributed by atoms with E-state index in [4.69, 9.17) is 0 Å². The number of carbonyl (C=O) groups is 1. The fourth-order valence-corrected chi connectivity index (χ4v) is 5.28. The van der Waals surface area contributed by atoms with Crippen molar-refractivity contribution in [1.82, 2.24) is 14.9 Å². The van der Waals surface area contributed by atoms with Crippen LogP contribution in [0.5, 0.6) is 0 Å². The van der Waals surface area contributed by atoms with Crippen molar-refractivity contribution in [2.45, 2.75) is 30.0 Å². The van der Waals surface area contributed by atoms with E-state index in [1.165, 1.54) is 41.8 Å². The Bertz CT molecular complexity index is 1210. The number of benzene rings is 2. The van der Waals surface area contributed by atoms with Gasteiger partial charge in [-0.05, 0) is 62.7 Å². The first kappa shape index (κ1) is 23.2. The van der Waals surface area contributed by atoms with Crippen LogP contribution in [0.3, 0.4) is 0 Å². The molecule has 0 aliphatic heterocycles. The Hall–Kier alpha value is -2.47. The number of nitrogens with zero attached hydrogens (tertiary/aromatic N) is 2. The van der Waals surface area contributed by atoms with Crippen LogP contribution in [0, 0.1) is 20.8 Å². The molecule has 0 aliphatic carbocycles. The maximum Gasteiger partial charge on any atom is 0.240 e. The number of sulfonamides is 1. The second-order valence-electron chi connectivity index (χ2n) is 6.77. The van der Waals surface area contributed by atoms with Gasteiger partial charge in [0.1, 0.15) is 0 Å². The molecule has 0 saturated carbocycles. The van der Waals surface area contributed by atoms with E-state index in [1.54, 1.807) is 19.1 Å². The third kappa shape index (κ3) is 5.82. The summed E-state index contributed by atoms with van der Waals surface area (Å²) in [4.78, 5) is 12.5. The van der Waals surface area contributed by atoms with Gasteiger partial charge in [0, 0.05) is 11.4 Å². The van der Waals surface area contributed by atoms with Crippen molar-refractivity contribution in [3.05, 3.63) is 53.1 Å². The largest absolute Gasteiger partial charge is 0.330 e. The minimum atomic E-state index is -3.60. The summed E-state index contributed by atoms with van der Waals surface area (Å²) in [5.41, 5.74) is 4.31. The highest BCUT2D eigenvalue weighted by Gasteiger charge is 2.16. The van der Waals surface area contributed by atoms with Gasteiger partial charge in [0.15, 0.2) is 4.34 Å². The molecule has 0 unspecified atom stereocenters. The minimum absolute atomic E-state index is 0.125. The highest BCUT2D eigenvalue weighted by molar-refractivity contribution is 8.01. The highest BCUT2D eigenvalue weighted by atomic mass is 32.2. The third-order valence-electron chi connectivity index (χ3n) is 4.61. The molecule has 0 aliphatic rings. The molecule has 164 valence electrons. The smallest absolute Gasteiger partial charge is 0.240 e. The van der Waals surface area contributed by atoms with Gasteiger partial charge in [0.05, 0.1) is 10.6 Å². The van der Waals surface area contributed by atoms with Gasteiger partial charge < -0.3 is 10.6 Å². The molecule has 0 atom stereocenters. The number of amides is 1. The first-order valence-electron chi connectivity index (χ1n) is 9.33. The van der Waals surface area contributed by atoms with Crippen molar-refractivity contribution >= 4 is 55.5 Å². The van der Waals surface area contributed by atoms with Crippen LogP contribution in [0.4, 0.5) is 16.5 Å². The summed E-state index contributed by atoms with van der Waals surface area (Å²) in [6, 6.07) is 10.8. The van der Waals surface area contributed by atoms with E-state index in [9.17, 15) is 13.2 Å². The predicted molar refractivity (Wildman–Crippen MR) is 126 cm³/mol. The Labute approximate surface area is 189 Å². The molecule has 1 aromatic heterocycles. The van der Waals surface area contributed by atoms with Gasteiger partial charge in [-0.25, -0.2) is 13.1 Å². The van der Waals surface area contributed by atoms with E-state index in [-0.39, 0.29) is 16.6 Å². The topological polar surface area (TPSA) is 113 Å². The van der Waals surface area contributed by atoms with Crippen molar-refractivity contribution in [3.63, 3.8) is 0 Å². The fraction of sp³-hybridized carbons (Fsp3) is 0.250. The summed E-state index contributed by atoms with van der Waals surface area (Å²) in [6.45, 7) is 5.79. The molecule has 0 bridgehead atoms. The van der Waals surface area contributed by atoms with E-state index in [1.807, 2.05) is 32.0 Å². The number of aryl methyl sites for hydroxylation is 2. The van der Waals surface area contributed by atoms with E-state index in [2.05, 4.69) is 25.6 Å². The average Bonchev–Trinajstić information content (AvgIpc) is 3.18. The quantitative estimate of drug-likeness (QED) is 0.422. The van der Waals surface area contributed by atoms with Gasteiger partial charge in [-0.1, -0.05) is 41.3 Å². The average molecular weight is 478 g/mol. The Morgan fingerprint density at radius 1 is 1.10 bits per heavy atom. The molecule has 8 nitrogen and oxygen atoms in total. The summed E-state index contributed by atoms with van der Waals surface area (Å²) in [5, 5.41) is 14.9. The molecular weight excluding hydrogens is 454 g/mol. The van der Waals surface area contributed by atoms with Crippen LogP contribution in [-0.4, -0.2) is 37.3 Å². The zero-order valence-electron chi connectivity index (χ0n) is 17.5. The molecule has 1 heterocycles. The molecule has 0 saturated heterocycles. The van der Waals surface area contributed by atoms with Crippen molar-refractivity contribution in [2.75, 3.05) is 23.4 Å². The molecule has 11 heteroatoms. The number of anilines is 3. The molecule has 3 aromatic rings. The van der Waals surface area contributed by atoms with Crippen LogP contribution in [0.15, 0.2) is 45.6 Å². The second-order valence-corrected chi connectivity index (χ2v) is 10.8. The first-order chi connectivity index (χ1) is 14.7. The van der Waals surface area contributed by atoms with Crippen molar-refractivity contribution in [3.8, 4) is 0 Å². The molecule has 0 spiro atoms. The lowest BCUT2D eigenvalue weighted by Crippen LogP contribution is -2.20. The first-order valence-corrected chi connectivity index (χ1v) is 12.6. The molecule has 0 radical (unpaired) electrons. The number of hydrogen-bond acceptors (Lipinski definition) is 8. The number of hydrogen-bond donors (Lipinski definition) is 3. The van der Waals surface area contributed by atoms with E-state index >= 15 is 0 Å². The van der Waals surface area contributed by atoms with Crippen LogP contribution in [0.25, 0.3) is 0 Å². The van der Waals surface area contributed by atoms with Gasteiger partial charge >= 0.3 is 0 Å². The monoisotopic (exact) mass is 477 g/mol. The molecule has 3 N–H and O–H groups in total. The van der Waals surface area contributed by atoms with Crippen LogP contribution >= 0.6 is 23.1 Å². The molecule has 2 aromatic carbocycles. The van der Waals surface area contributed by atoms with Gasteiger partial charge in [-0.2, -0.15) is 0 Å². The normalized spacial score (nSPS) is 11.4. The summed E-state index contributed by atoms with van der Waals surface area (Å²) >= 11 is 2.63. The molecule has 3 rings (SSSR count). The summed E-state index contributed by atoms with van der Waals surface area (Å²) in [7, 11) is -2.25. The van der Waals surface area contributed by atoms with Crippen LogP contribution in [0.1, 0.15) is 16.7 Å². The van der Waals surface area contributed by atoms with Crippen molar-refractivity contribution < 1.29 is 13.2 Å². The lowest BCUT2D eigenvalue weighted by Gasteiger charge is -2.10. The van der Waals surface area contributed by atoms with Crippen LogP contribution in [-0.2, 0) is 14.8 Å². The maximum absolute atomic E-state index is 12.3. The van der Waals surface area contributed by atoms with Crippen LogP contribution < -0.4 is 15.4 Å². The number of carbonyl (C=O) groups excluding carboxylic acids is 1. The Morgan fingerprint density at radius 3 is 2.61 bits per heavy atom. The van der Waals surface area contributed by atoms with E-state index in [0.29, 0.717) is 20.7 Å². The minimum Gasteiger partial charge on any atom is -0.330 e. The number of thioether (sulfide) groups is 1. The Kier molecular flexibility index (Phi) is 7.31. The standard InChI is InChI=1S/C20H23N5O3S3/c1-12-6-5-7-16(14(12)3)23-19-24-25-20(30-19)29-11-18(26)22-15-9-8-13(2)17(10-15)31(27,28)21-4/h5-10,21H,11H2,1-4H3,(H,22,26)(H,23,24).